The van der Waals surface area contributed by atoms with Gasteiger partial charge in [0.05, 0.1) is 23.8 Å². The molecule has 0 atom stereocenters. The zero-order valence-electron chi connectivity index (χ0n) is 18.7. The molecule has 4 aromatic rings. The summed E-state index contributed by atoms with van der Waals surface area (Å²) in [6, 6.07) is 26.5. The Morgan fingerprint density at radius 2 is 1.68 bits per heavy atom. The molecule has 0 spiro atoms. The molecule has 3 aromatic carbocycles. The van der Waals surface area contributed by atoms with Crippen molar-refractivity contribution < 1.29 is 9.13 Å². The van der Waals surface area contributed by atoms with E-state index in [1.165, 1.54) is 11.1 Å². The van der Waals surface area contributed by atoms with Crippen LogP contribution in [0.5, 0.6) is 0 Å². The minimum absolute atomic E-state index is 0.321. The third-order valence-electron chi connectivity index (χ3n) is 5.50. The van der Waals surface area contributed by atoms with Crippen LogP contribution in [0, 0.1) is 12.7 Å². The Hall–Kier alpha value is -4.45. The molecule has 1 aliphatic heterocycles. The molecule has 0 unspecified atom stereocenters. The number of anilines is 1. The van der Waals surface area contributed by atoms with Gasteiger partial charge < -0.3 is 4.74 Å². The van der Waals surface area contributed by atoms with Crippen LogP contribution in [0.2, 0.25) is 0 Å². The maximum absolute atomic E-state index is 14.9. The van der Waals surface area contributed by atoms with E-state index in [1.54, 1.807) is 23.1 Å². The summed E-state index contributed by atoms with van der Waals surface area (Å²) in [7, 11) is 0. The second-order valence-corrected chi connectivity index (χ2v) is 7.96. The van der Waals surface area contributed by atoms with Gasteiger partial charge in [0.1, 0.15) is 29.6 Å². The standard InChI is InChI=1S/C28H23FN4O/c1-20-13-14-25(24(29)17-20)32-18-27(34-19-22-9-5-3-6-10-22)21(2)28(31-32)26-15-16-30-33(26)23-11-7-4-8-12-23/h3-18H,2,19H2,1H3. The molecule has 0 aliphatic carbocycles. The highest BCUT2D eigenvalue weighted by molar-refractivity contribution is 6.15. The quantitative estimate of drug-likeness (QED) is 0.353. The minimum atomic E-state index is -0.370. The van der Waals surface area contributed by atoms with Crippen molar-refractivity contribution in [2.45, 2.75) is 13.5 Å². The van der Waals surface area contributed by atoms with Gasteiger partial charge in [0.2, 0.25) is 0 Å². The lowest BCUT2D eigenvalue weighted by Crippen LogP contribution is -2.25. The van der Waals surface area contributed by atoms with Gasteiger partial charge in [-0.15, -0.1) is 0 Å². The second kappa shape index (κ2) is 9.19. The highest BCUT2D eigenvalue weighted by Crippen LogP contribution is 2.30. The van der Waals surface area contributed by atoms with E-state index in [9.17, 15) is 4.39 Å². The lowest BCUT2D eigenvalue weighted by molar-refractivity contribution is 0.207. The molecule has 0 fully saturated rings. The number of allylic oxidation sites excluding steroid dienone is 1. The third-order valence-corrected chi connectivity index (χ3v) is 5.50. The highest BCUT2D eigenvalue weighted by Gasteiger charge is 2.26. The molecule has 1 aliphatic rings. The molecule has 0 saturated carbocycles. The Morgan fingerprint density at radius 3 is 2.41 bits per heavy atom. The van der Waals surface area contributed by atoms with E-state index in [0.717, 1.165) is 22.5 Å². The van der Waals surface area contributed by atoms with Crippen molar-refractivity contribution >= 4 is 11.4 Å². The van der Waals surface area contributed by atoms with Gasteiger partial charge in [-0.25, -0.2) is 14.1 Å². The zero-order valence-corrected chi connectivity index (χ0v) is 18.7. The summed E-state index contributed by atoms with van der Waals surface area (Å²) in [4.78, 5) is 0. The van der Waals surface area contributed by atoms with E-state index in [2.05, 4.69) is 11.7 Å². The van der Waals surface area contributed by atoms with Crippen molar-refractivity contribution in [3.63, 3.8) is 0 Å². The number of para-hydroxylation sites is 1. The molecule has 0 saturated heterocycles. The van der Waals surface area contributed by atoms with Crippen LogP contribution in [0.1, 0.15) is 16.8 Å². The molecule has 2 heterocycles. The maximum Gasteiger partial charge on any atom is 0.149 e. The summed E-state index contributed by atoms with van der Waals surface area (Å²) in [5.74, 6) is 0.139. The van der Waals surface area contributed by atoms with E-state index < -0.39 is 0 Å². The number of benzene rings is 3. The number of halogens is 1. The predicted octanol–water partition coefficient (Wildman–Crippen LogP) is 6.16. The topological polar surface area (TPSA) is 42.6 Å². The van der Waals surface area contributed by atoms with Crippen molar-refractivity contribution in [3.8, 4) is 5.69 Å². The number of aryl methyl sites for hydroxylation is 1. The highest BCUT2D eigenvalue weighted by atomic mass is 19.1. The molecule has 6 heteroatoms. The summed E-state index contributed by atoms with van der Waals surface area (Å²) in [6.07, 6.45) is 3.38. The lowest BCUT2D eigenvalue weighted by Gasteiger charge is -2.26. The van der Waals surface area contributed by atoms with Crippen LogP contribution in [0.25, 0.3) is 5.69 Å². The summed E-state index contributed by atoms with van der Waals surface area (Å²) in [5, 5.41) is 10.7. The second-order valence-electron chi connectivity index (χ2n) is 7.96. The number of aromatic nitrogens is 2. The van der Waals surface area contributed by atoms with E-state index in [-0.39, 0.29) is 5.82 Å². The molecule has 5 rings (SSSR count). The molecular formula is C28H23FN4O. The van der Waals surface area contributed by atoms with Crippen LogP contribution >= 0.6 is 0 Å². The maximum atomic E-state index is 14.9. The van der Waals surface area contributed by atoms with Crippen LogP contribution in [-0.4, -0.2) is 15.5 Å². The molecular weight excluding hydrogens is 427 g/mol. The number of hydrogen-bond donors (Lipinski definition) is 0. The Kier molecular flexibility index (Phi) is 5.79. The van der Waals surface area contributed by atoms with Crippen molar-refractivity contribution in [1.29, 1.82) is 0 Å². The normalized spacial score (nSPS) is 13.5. The fourth-order valence-corrected chi connectivity index (χ4v) is 3.75. The van der Waals surface area contributed by atoms with E-state index >= 15 is 0 Å². The smallest absolute Gasteiger partial charge is 0.149 e. The zero-order chi connectivity index (χ0) is 23.5. The Labute approximate surface area is 197 Å². The summed E-state index contributed by atoms with van der Waals surface area (Å²) < 4.78 is 22.8. The number of rotatable bonds is 6. The molecule has 0 radical (unpaired) electrons. The van der Waals surface area contributed by atoms with Crippen molar-refractivity contribution in [2.75, 3.05) is 5.01 Å². The SMILES string of the molecule is C=C1C(OCc2ccccc2)=CN(c2ccc(C)cc2F)N=C1c1ccnn1-c1ccccc1. The number of nitrogens with zero attached hydrogens (tertiary/aromatic N) is 4. The summed E-state index contributed by atoms with van der Waals surface area (Å²) >= 11 is 0. The average Bonchev–Trinajstić information content (AvgIpc) is 3.35. The predicted molar refractivity (Wildman–Crippen MR) is 132 cm³/mol. The van der Waals surface area contributed by atoms with Gasteiger partial charge in [0, 0.05) is 5.57 Å². The third kappa shape index (κ3) is 4.26. The first kappa shape index (κ1) is 21.4. The molecule has 34 heavy (non-hydrogen) atoms. The van der Waals surface area contributed by atoms with Gasteiger partial charge in [0.25, 0.3) is 0 Å². The van der Waals surface area contributed by atoms with Gasteiger partial charge in [-0.2, -0.15) is 10.2 Å². The molecule has 1 aromatic heterocycles. The van der Waals surface area contributed by atoms with Gasteiger partial charge in [-0.05, 0) is 48.4 Å². The first-order valence-corrected chi connectivity index (χ1v) is 10.9. The van der Waals surface area contributed by atoms with Gasteiger partial charge in [-0.3, -0.25) is 0 Å². The van der Waals surface area contributed by atoms with Gasteiger partial charge in [-0.1, -0.05) is 61.2 Å². The van der Waals surface area contributed by atoms with Crippen LogP contribution in [0.3, 0.4) is 0 Å². The molecule has 0 N–H and O–H groups in total. The number of hydrazone groups is 1. The molecule has 168 valence electrons. The average molecular weight is 451 g/mol. The van der Waals surface area contributed by atoms with Crippen molar-refractivity contribution in [3.05, 3.63) is 138 Å². The van der Waals surface area contributed by atoms with Gasteiger partial charge in [0.15, 0.2) is 0 Å². The first-order chi connectivity index (χ1) is 16.6. The lowest BCUT2D eigenvalue weighted by atomic mass is 10.1. The number of ether oxygens (including phenoxy) is 1. The van der Waals surface area contributed by atoms with E-state index in [0.29, 0.717) is 29.3 Å². The minimum Gasteiger partial charge on any atom is -0.487 e. The number of hydrogen-bond acceptors (Lipinski definition) is 4. The monoisotopic (exact) mass is 450 g/mol. The van der Waals surface area contributed by atoms with Crippen LogP contribution in [0.15, 0.2) is 120 Å². The van der Waals surface area contributed by atoms with Crippen LogP contribution in [0.4, 0.5) is 10.1 Å². The van der Waals surface area contributed by atoms with Gasteiger partial charge >= 0.3 is 0 Å². The Morgan fingerprint density at radius 1 is 0.941 bits per heavy atom. The summed E-state index contributed by atoms with van der Waals surface area (Å²) in [6.45, 7) is 6.46. The van der Waals surface area contributed by atoms with E-state index in [1.807, 2.05) is 79.7 Å². The fourth-order valence-electron chi connectivity index (χ4n) is 3.75. The Bertz CT molecular complexity index is 1390. The van der Waals surface area contributed by atoms with Crippen molar-refractivity contribution in [2.24, 2.45) is 5.10 Å². The van der Waals surface area contributed by atoms with Crippen LogP contribution < -0.4 is 5.01 Å². The largest absolute Gasteiger partial charge is 0.487 e. The first-order valence-electron chi connectivity index (χ1n) is 10.9. The fraction of sp³-hybridized carbons (Fsp3) is 0.0714. The molecule has 0 bridgehead atoms. The molecule has 5 nitrogen and oxygen atoms in total. The summed E-state index contributed by atoms with van der Waals surface area (Å²) in [5.41, 5.74) is 4.92. The molecule has 0 amide bonds. The Balaban J connectivity index is 1.56. The van der Waals surface area contributed by atoms with Crippen LogP contribution in [-0.2, 0) is 11.3 Å². The van der Waals surface area contributed by atoms with E-state index in [4.69, 9.17) is 9.84 Å². The van der Waals surface area contributed by atoms with Crippen molar-refractivity contribution in [1.82, 2.24) is 9.78 Å².